The van der Waals surface area contributed by atoms with Crippen molar-refractivity contribution in [1.29, 1.82) is 0 Å². The van der Waals surface area contributed by atoms with Crippen molar-refractivity contribution in [3.05, 3.63) is 29.8 Å². The molecule has 0 bridgehead atoms. The van der Waals surface area contributed by atoms with Crippen LogP contribution in [0.2, 0.25) is 0 Å². The van der Waals surface area contributed by atoms with Crippen LogP contribution in [0.3, 0.4) is 0 Å². The van der Waals surface area contributed by atoms with Crippen LogP contribution < -0.4 is 0 Å². The first-order valence-corrected chi connectivity index (χ1v) is 11.0. The van der Waals surface area contributed by atoms with E-state index in [2.05, 4.69) is 11.9 Å². The van der Waals surface area contributed by atoms with Gasteiger partial charge in [-0.25, -0.2) is 8.42 Å². The number of rotatable bonds is 4. The number of carbonyl (C=O) groups excluding carboxylic acids is 1. The van der Waals surface area contributed by atoms with Crippen LogP contribution in [0, 0.1) is 5.41 Å². The minimum atomic E-state index is -3.22. The fraction of sp³-hybridized carbons (Fsp3) is 0.632. The molecule has 1 amide bonds. The van der Waals surface area contributed by atoms with Gasteiger partial charge in [0.1, 0.15) is 0 Å². The molecule has 1 aromatic carbocycles. The van der Waals surface area contributed by atoms with Crippen LogP contribution in [0.1, 0.15) is 24.8 Å². The van der Waals surface area contributed by atoms with Crippen molar-refractivity contribution in [3.63, 3.8) is 0 Å². The van der Waals surface area contributed by atoms with Crippen molar-refractivity contribution in [3.8, 4) is 0 Å². The molecule has 7 heteroatoms. The number of amides is 1. The Morgan fingerprint density at radius 1 is 1.23 bits per heavy atom. The Kier molecular flexibility index (Phi) is 5.42. The number of piperidine rings is 2. The van der Waals surface area contributed by atoms with E-state index in [-0.39, 0.29) is 35.3 Å². The van der Waals surface area contributed by atoms with Gasteiger partial charge in [-0.2, -0.15) is 0 Å². The smallest absolute Gasteiger partial charge is 0.227 e. The summed E-state index contributed by atoms with van der Waals surface area (Å²) in [5.74, 6) is 0.0580. The largest absolute Gasteiger partial charge is 0.396 e. The van der Waals surface area contributed by atoms with Gasteiger partial charge in [0.2, 0.25) is 5.91 Å². The van der Waals surface area contributed by atoms with E-state index in [4.69, 9.17) is 0 Å². The second-order valence-electron chi connectivity index (χ2n) is 7.80. The van der Waals surface area contributed by atoms with Gasteiger partial charge < -0.3 is 14.9 Å². The lowest BCUT2D eigenvalue weighted by Crippen LogP contribution is -2.62. The Morgan fingerprint density at radius 2 is 1.92 bits per heavy atom. The summed E-state index contributed by atoms with van der Waals surface area (Å²) in [7, 11) is -1.15. The van der Waals surface area contributed by atoms with Gasteiger partial charge in [0.25, 0.3) is 0 Å². The van der Waals surface area contributed by atoms with Gasteiger partial charge in [-0.15, -0.1) is 0 Å². The van der Waals surface area contributed by atoms with Crippen molar-refractivity contribution in [1.82, 2.24) is 9.80 Å². The second kappa shape index (κ2) is 7.29. The molecule has 0 aromatic heterocycles. The number of likely N-dealkylation sites (tertiary alicyclic amines) is 2. The van der Waals surface area contributed by atoms with E-state index in [1.165, 1.54) is 6.26 Å². The number of aliphatic hydroxyl groups excluding tert-OH is 1. The maximum Gasteiger partial charge on any atom is 0.227 e. The van der Waals surface area contributed by atoms with Crippen LogP contribution in [0.25, 0.3) is 0 Å². The summed E-state index contributed by atoms with van der Waals surface area (Å²) in [5.41, 5.74) is 0.736. The minimum Gasteiger partial charge on any atom is -0.396 e. The van der Waals surface area contributed by atoms with Crippen LogP contribution in [-0.2, 0) is 21.1 Å². The lowest BCUT2D eigenvalue weighted by Gasteiger charge is -2.53. The van der Waals surface area contributed by atoms with Crippen LogP contribution in [0.15, 0.2) is 29.2 Å². The third-order valence-electron chi connectivity index (χ3n) is 6.07. The van der Waals surface area contributed by atoms with Gasteiger partial charge in [-0.3, -0.25) is 4.79 Å². The Balaban J connectivity index is 1.67. The van der Waals surface area contributed by atoms with Crippen LogP contribution in [0.4, 0.5) is 0 Å². The zero-order chi connectivity index (χ0) is 18.9. The van der Waals surface area contributed by atoms with Crippen LogP contribution in [0.5, 0.6) is 0 Å². The topological polar surface area (TPSA) is 77.9 Å². The number of carbonyl (C=O) groups is 1. The van der Waals surface area contributed by atoms with Crippen LogP contribution in [-0.4, -0.2) is 74.8 Å². The molecule has 2 aliphatic rings. The highest BCUT2D eigenvalue weighted by Crippen LogP contribution is 2.41. The fourth-order valence-electron chi connectivity index (χ4n) is 4.38. The number of benzene rings is 1. The number of likely N-dealkylation sites (N-methyl/N-ethyl adjacent to an activating group) is 1. The summed E-state index contributed by atoms with van der Waals surface area (Å²) in [5, 5.41) is 9.97. The van der Waals surface area contributed by atoms with Gasteiger partial charge in [0.15, 0.2) is 9.84 Å². The van der Waals surface area contributed by atoms with E-state index in [1.54, 1.807) is 24.3 Å². The Bertz CT molecular complexity index is 762. The van der Waals surface area contributed by atoms with E-state index < -0.39 is 9.84 Å². The maximum atomic E-state index is 12.7. The number of hydrogen-bond donors (Lipinski definition) is 1. The summed E-state index contributed by atoms with van der Waals surface area (Å²) in [4.78, 5) is 17.2. The standard InChI is InChI=1S/C19H28N2O4S/c1-20-10-3-8-19(14-22)9-11-21(13-17(19)20)18(23)12-15-4-6-16(7-5-15)26(2,24)25/h4-7,17,22H,3,8-14H2,1-2H3/t17-,19-/m1/s1. The highest BCUT2D eigenvalue weighted by Gasteiger charge is 2.47. The number of hydrogen-bond acceptors (Lipinski definition) is 5. The molecule has 2 heterocycles. The maximum absolute atomic E-state index is 12.7. The number of aliphatic hydroxyl groups is 1. The summed E-state index contributed by atoms with van der Waals surface area (Å²) in [6.07, 6.45) is 4.39. The average molecular weight is 381 g/mol. The number of fused-ring (bicyclic) bond motifs is 1. The van der Waals surface area contributed by atoms with Crippen molar-refractivity contribution in [2.24, 2.45) is 5.41 Å². The van der Waals surface area contributed by atoms with Crippen molar-refractivity contribution in [2.45, 2.75) is 36.6 Å². The number of sulfone groups is 1. The minimum absolute atomic E-state index is 0.0580. The average Bonchev–Trinajstić information content (AvgIpc) is 2.61. The molecule has 1 aromatic rings. The van der Waals surface area contributed by atoms with Crippen molar-refractivity contribution < 1.29 is 18.3 Å². The highest BCUT2D eigenvalue weighted by atomic mass is 32.2. The molecule has 2 saturated heterocycles. The molecule has 2 fully saturated rings. The predicted molar refractivity (Wildman–Crippen MR) is 99.6 cm³/mol. The quantitative estimate of drug-likeness (QED) is 0.841. The van der Waals surface area contributed by atoms with Gasteiger partial charge in [0, 0.05) is 30.8 Å². The molecule has 6 nitrogen and oxygen atoms in total. The monoisotopic (exact) mass is 380 g/mol. The van der Waals surface area contributed by atoms with E-state index in [1.807, 2.05) is 4.90 Å². The Hall–Kier alpha value is -1.44. The summed E-state index contributed by atoms with van der Waals surface area (Å²) in [6, 6.07) is 6.73. The summed E-state index contributed by atoms with van der Waals surface area (Å²) in [6.45, 7) is 2.50. The Morgan fingerprint density at radius 3 is 2.54 bits per heavy atom. The first-order chi connectivity index (χ1) is 12.2. The van der Waals surface area contributed by atoms with Crippen molar-refractivity contribution >= 4 is 15.7 Å². The molecule has 0 unspecified atom stereocenters. The van der Waals surface area contributed by atoms with E-state index in [0.29, 0.717) is 13.1 Å². The van der Waals surface area contributed by atoms with Gasteiger partial charge in [-0.05, 0) is 50.6 Å². The van der Waals surface area contributed by atoms with E-state index >= 15 is 0 Å². The molecule has 1 N–H and O–H groups in total. The molecular formula is C19H28N2O4S. The van der Waals surface area contributed by atoms with Gasteiger partial charge in [0.05, 0.1) is 17.9 Å². The molecule has 144 valence electrons. The third kappa shape index (κ3) is 3.80. The first-order valence-electron chi connectivity index (χ1n) is 9.13. The number of nitrogens with zero attached hydrogens (tertiary/aromatic N) is 2. The fourth-order valence-corrected chi connectivity index (χ4v) is 5.01. The molecule has 2 aliphatic heterocycles. The Labute approximate surface area is 155 Å². The molecule has 0 saturated carbocycles. The molecule has 0 spiro atoms. The lowest BCUT2D eigenvalue weighted by atomic mass is 9.69. The van der Waals surface area contributed by atoms with Gasteiger partial charge >= 0.3 is 0 Å². The SMILES string of the molecule is CN1CCC[C@]2(CO)CCN(C(=O)Cc3ccc(S(C)(=O)=O)cc3)C[C@@H]12. The zero-order valence-electron chi connectivity index (χ0n) is 15.5. The predicted octanol–water partition coefficient (Wildman–Crippen LogP) is 0.938. The lowest BCUT2D eigenvalue weighted by molar-refractivity contribution is -0.139. The first kappa shape index (κ1) is 19.3. The highest BCUT2D eigenvalue weighted by molar-refractivity contribution is 7.90. The van der Waals surface area contributed by atoms with Gasteiger partial charge in [-0.1, -0.05) is 12.1 Å². The third-order valence-corrected chi connectivity index (χ3v) is 7.20. The molecule has 3 rings (SSSR count). The molecule has 0 radical (unpaired) electrons. The second-order valence-corrected chi connectivity index (χ2v) is 9.82. The molecular weight excluding hydrogens is 352 g/mol. The summed E-state index contributed by atoms with van der Waals surface area (Å²) >= 11 is 0. The van der Waals surface area contributed by atoms with Crippen LogP contribution >= 0.6 is 0 Å². The van der Waals surface area contributed by atoms with Crippen molar-refractivity contribution in [2.75, 3.05) is 39.5 Å². The zero-order valence-corrected chi connectivity index (χ0v) is 16.3. The normalized spacial score (nSPS) is 27.2. The molecule has 0 aliphatic carbocycles. The molecule has 26 heavy (non-hydrogen) atoms. The van der Waals surface area contributed by atoms with E-state index in [9.17, 15) is 18.3 Å². The molecule has 2 atom stereocenters. The summed E-state index contributed by atoms with van der Waals surface area (Å²) < 4.78 is 23.1. The van der Waals surface area contributed by atoms with E-state index in [0.717, 1.165) is 31.4 Å².